The molecular formula is C17H23ClN2. The van der Waals surface area contributed by atoms with Crippen molar-refractivity contribution in [3.8, 4) is 0 Å². The van der Waals surface area contributed by atoms with Gasteiger partial charge in [-0.15, -0.1) is 11.6 Å². The van der Waals surface area contributed by atoms with Gasteiger partial charge in [-0.3, -0.25) is 0 Å². The molecule has 0 bridgehead atoms. The van der Waals surface area contributed by atoms with Crippen LogP contribution in [0.4, 0.5) is 0 Å². The van der Waals surface area contributed by atoms with Crippen molar-refractivity contribution in [1.29, 1.82) is 0 Å². The van der Waals surface area contributed by atoms with E-state index in [0.717, 1.165) is 11.3 Å². The molecule has 1 fully saturated rings. The molecule has 0 saturated heterocycles. The molecule has 0 N–H and O–H groups in total. The average Bonchev–Trinajstić information content (AvgIpc) is 2.63. The Labute approximate surface area is 126 Å². The van der Waals surface area contributed by atoms with Gasteiger partial charge in [-0.25, -0.2) is 4.98 Å². The number of fused-ring (bicyclic) bond motifs is 1. The first-order valence-electron chi connectivity index (χ1n) is 7.80. The van der Waals surface area contributed by atoms with Gasteiger partial charge in [-0.1, -0.05) is 37.8 Å². The highest BCUT2D eigenvalue weighted by Gasteiger charge is 2.23. The van der Waals surface area contributed by atoms with Gasteiger partial charge in [0, 0.05) is 6.04 Å². The van der Waals surface area contributed by atoms with E-state index in [1.165, 1.54) is 49.6 Å². The molecule has 1 heterocycles. The summed E-state index contributed by atoms with van der Waals surface area (Å²) < 4.78 is 2.44. The Morgan fingerprint density at radius 1 is 1.20 bits per heavy atom. The van der Waals surface area contributed by atoms with Crippen LogP contribution < -0.4 is 0 Å². The van der Waals surface area contributed by atoms with Gasteiger partial charge in [0.1, 0.15) is 5.82 Å². The first kappa shape index (κ1) is 13.9. The van der Waals surface area contributed by atoms with Gasteiger partial charge in [0.2, 0.25) is 0 Å². The minimum absolute atomic E-state index is 0.0370. The lowest BCUT2D eigenvalue weighted by atomic mass is 10.1. The van der Waals surface area contributed by atoms with E-state index in [4.69, 9.17) is 16.6 Å². The van der Waals surface area contributed by atoms with Gasteiger partial charge in [0.25, 0.3) is 0 Å². The number of benzene rings is 1. The van der Waals surface area contributed by atoms with Crippen molar-refractivity contribution >= 4 is 22.6 Å². The number of imidazole rings is 1. The highest BCUT2D eigenvalue weighted by Crippen LogP contribution is 2.35. The first-order chi connectivity index (χ1) is 9.68. The molecule has 0 radical (unpaired) electrons. The first-order valence-corrected chi connectivity index (χ1v) is 8.23. The second-order valence-corrected chi connectivity index (χ2v) is 6.70. The third-order valence-electron chi connectivity index (χ3n) is 4.49. The summed E-state index contributed by atoms with van der Waals surface area (Å²) in [5.41, 5.74) is 3.63. The molecule has 1 atom stereocenters. The fourth-order valence-corrected chi connectivity index (χ4v) is 3.61. The largest absolute Gasteiger partial charge is 0.324 e. The molecule has 108 valence electrons. The van der Waals surface area contributed by atoms with Gasteiger partial charge in [0.05, 0.1) is 16.4 Å². The molecule has 1 saturated carbocycles. The maximum absolute atomic E-state index is 6.41. The Morgan fingerprint density at radius 2 is 1.90 bits per heavy atom. The molecular weight excluding hydrogens is 268 g/mol. The van der Waals surface area contributed by atoms with Crippen LogP contribution >= 0.6 is 11.6 Å². The molecule has 2 aromatic rings. The maximum Gasteiger partial charge on any atom is 0.127 e. The van der Waals surface area contributed by atoms with Gasteiger partial charge in [-0.05, 0) is 38.3 Å². The predicted octanol–water partition coefficient (Wildman–Crippen LogP) is 5.54. The third kappa shape index (κ3) is 2.46. The van der Waals surface area contributed by atoms with Crippen molar-refractivity contribution in [3.63, 3.8) is 0 Å². The van der Waals surface area contributed by atoms with E-state index in [2.05, 4.69) is 29.7 Å². The number of rotatable bonds is 2. The second kappa shape index (κ2) is 5.77. The number of nitrogens with zero attached hydrogens (tertiary/aromatic N) is 2. The summed E-state index contributed by atoms with van der Waals surface area (Å²) in [5, 5.41) is -0.0370. The van der Waals surface area contributed by atoms with Crippen molar-refractivity contribution in [2.75, 3.05) is 0 Å². The number of halogens is 1. The standard InChI is InChI=1S/C17H23ClN2/c1-12-8-7-11-15-16(12)19-17(13(2)18)20(15)14-9-5-3-4-6-10-14/h7-8,11,13-14H,3-6,9-10H2,1-2H3. The Kier molecular flexibility index (Phi) is 4.02. The van der Waals surface area contributed by atoms with Crippen LogP contribution in [0.1, 0.15) is 68.3 Å². The van der Waals surface area contributed by atoms with E-state index in [1.807, 2.05) is 6.92 Å². The number of aromatic nitrogens is 2. The van der Waals surface area contributed by atoms with Gasteiger partial charge in [-0.2, -0.15) is 0 Å². The fraction of sp³-hybridized carbons (Fsp3) is 0.588. The van der Waals surface area contributed by atoms with Crippen LogP contribution in [0, 0.1) is 6.92 Å². The Bertz CT molecular complexity index is 592. The number of alkyl halides is 1. The van der Waals surface area contributed by atoms with Crippen LogP contribution in [0.25, 0.3) is 11.0 Å². The van der Waals surface area contributed by atoms with Gasteiger partial charge < -0.3 is 4.57 Å². The van der Waals surface area contributed by atoms with E-state index in [1.54, 1.807) is 0 Å². The lowest BCUT2D eigenvalue weighted by Crippen LogP contribution is -2.12. The third-order valence-corrected chi connectivity index (χ3v) is 4.69. The van der Waals surface area contributed by atoms with Crippen LogP contribution in [-0.2, 0) is 0 Å². The zero-order chi connectivity index (χ0) is 14.1. The monoisotopic (exact) mass is 290 g/mol. The summed E-state index contributed by atoms with van der Waals surface area (Å²) in [4.78, 5) is 4.85. The van der Waals surface area contributed by atoms with Crippen LogP contribution in [-0.4, -0.2) is 9.55 Å². The summed E-state index contributed by atoms with van der Waals surface area (Å²) in [6.07, 6.45) is 7.91. The minimum Gasteiger partial charge on any atom is -0.324 e. The van der Waals surface area contributed by atoms with Crippen LogP contribution in [0.3, 0.4) is 0 Å². The van der Waals surface area contributed by atoms with Gasteiger partial charge >= 0.3 is 0 Å². The maximum atomic E-state index is 6.41. The summed E-state index contributed by atoms with van der Waals surface area (Å²) in [7, 11) is 0. The molecule has 0 spiro atoms. The number of aryl methyl sites for hydroxylation is 1. The van der Waals surface area contributed by atoms with Crippen molar-refractivity contribution in [1.82, 2.24) is 9.55 Å². The Morgan fingerprint density at radius 3 is 2.55 bits per heavy atom. The van der Waals surface area contributed by atoms with E-state index in [-0.39, 0.29) is 5.38 Å². The Balaban J connectivity index is 2.15. The molecule has 20 heavy (non-hydrogen) atoms. The van der Waals surface area contributed by atoms with Crippen molar-refractivity contribution in [3.05, 3.63) is 29.6 Å². The SMILES string of the molecule is Cc1cccc2c1nc(C(C)Cl)n2C1CCCCCC1. The normalized spacial score (nSPS) is 19.1. The quantitative estimate of drug-likeness (QED) is 0.524. The molecule has 0 amide bonds. The molecule has 3 rings (SSSR count). The molecule has 0 aliphatic heterocycles. The highest BCUT2D eigenvalue weighted by atomic mass is 35.5. The second-order valence-electron chi connectivity index (χ2n) is 6.04. The highest BCUT2D eigenvalue weighted by molar-refractivity contribution is 6.20. The summed E-state index contributed by atoms with van der Waals surface area (Å²) >= 11 is 6.41. The predicted molar refractivity (Wildman–Crippen MR) is 85.5 cm³/mol. The lowest BCUT2D eigenvalue weighted by molar-refractivity contribution is 0.440. The van der Waals surface area contributed by atoms with E-state index < -0.39 is 0 Å². The van der Waals surface area contributed by atoms with Crippen molar-refractivity contribution < 1.29 is 0 Å². The summed E-state index contributed by atoms with van der Waals surface area (Å²) in [5.74, 6) is 1.04. The number of hydrogen-bond acceptors (Lipinski definition) is 1. The zero-order valence-electron chi connectivity index (χ0n) is 12.4. The Hall–Kier alpha value is -1.02. The van der Waals surface area contributed by atoms with Gasteiger partial charge in [0.15, 0.2) is 0 Å². The van der Waals surface area contributed by atoms with Crippen molar-refractivity contribution in [2.45, 2.75) is 63.8 Å². The molecule has 1 unspecified atom stereocenters. The minimum atomic E-state index is -0.0370. The molecule has 1 aliphatic carbocycles. The molecule has 1 aliphatic rings. The van der Waals surface area contributed by atoms with Crippen LogP contribution in [0.2, 0.25) is 0 Å². The summed E-state index contributed by atoms with van der Waals surface area (Å²) in [6, 6.07) is 7.04. The van der Waals surface area contributed by atoms with Crippen LogP contribution in [0.15, 0.2) is 18.2 Å². The topological polar surface area (TPSA) is 17.8 Å². The zero-order valence-corrected chi connectivity index (χ0v) is 13.2. The molecule has 3 heteroatoms. The average molecular weight is 291 g/mol. The summed E-state index contributed by atoms with van der Waals surface area (Å²) in [6.45, 7) is 4.17. The van der Waals surface area contributed by atoms with E-state index in [9.17, 15) is 0 Å². The van der Waals surface area contributed by atoms with Crippen molar-refractivity contribution in [2.24, 2.45) is 0 Å². The molecule has 2 nitrogen and oxygen atoms in total. The fourth-order valence-electron chi connectivity index (χ4n) is 3.46. The van der Waals surface area contributed by atoms with E-state index in [0.29, 0.717) is 6.04 Å². The lowest BCUT2D eigenvalue weighted by Gasteiger charge is -2.21. The molecule has 1 aromatic heterocycles. The number of hydrogen-bond donors (Lipinski definition) is 0. The number of para-hydroxylation sites is 1. The smallest absolute Gasteiger partial charge is 0.127 e. The van der Waals surface area contributed by atoms with Crippen LogP contribution in [0.5, 0.6) is 0 Å². The molecule has 1 aromatic carbocycles. The van der Waals surface area contributed by atoms with E-state index >= 15 is 0 Å².